The minimum Gasteiger partial charge on any atom is -0.167 e. The van der Waals surface area contributed by atoms with Crippen molar-refractivity contribution in [2.75, 3.05) is 0 Å². The molecule has 4 aromatic carbocycles. The summed E-state index contributed by atoms with van der Waals surface area (Å²) in [6.07, 6.45) is 5.87. The predicted molar refractivity (Wildman–Crippen MR) is 273 cm³/mol. The summed E-state index contributed by atoms with van der Waals surface area (Å²) in [5.74, 6) is 0. The fraction of sp³-hybridized carbons (Fsp3) is 0.517. The molecule has 0 bridgehead atoms. The van der Waals surface area contributed by atoms with Gasteiger partial charge in [-0.2, -0.15) is 11.1 Å². The van der Waals surface area contributed by atoms with Gasteiger partial charge in [0, 0.05) is 5.54 Å². The van der Waals surface area contributed by atoms with E-state index in [0.29, 0.717) is 5.54 Å². The molecule has 2 aliphatic carbocycles. The molecule has 1 atom stereocenters. The Morgan fingerprint density at radius 2 is 0.800 bits per heavy atom. The zero-order valence-electron chi connectivity index (χ0n) is 42.1. The summed E-state index contributed by atoms with van der Waals surface area (Å²) in [6, 6.07) is 24.3. The third-order valence-corrected chi connectivity index (χ3v) is 15.7. The maximum Gasteiger partial charge on any atom is 0.161 e. The van der Waals surface area contributed by atoms with Crippen LogP contribution in [0.1, 0.15) is 200 Å². The van der Waals surface area contributed by atoms with Gasteiger partial charge in [0.05, 0.1) is 0 Å². The predicted octanol–water partition coefficient (Wildman–Crippen LogP) is 17.9. The van der Waals surface area contributed by atoms with Gasteiger partial charge >= 0.3 is 0 Å². The number of rotatable bonds is 3. The van der Waals surface area contributed by atoms with Gasteiger partial charge in [0.2, 0.25) is 0 Å². The van der Waals surface area contributed by atoms with Crippen molar-refractivity contribution in [1.82, 2.24) is 0 Å². The standard InChI is InChI=1S/C30H43ClSi.C28H38/c1-19-13-25-24(17-23(30(8,9)10)18-26(25)27(19)32(11,12)31)20-14-21(28(2,3)4)16-22(15-20)29(5,6)7;1-18-11-19-13-23(28(8,9)10)17-25(24(19)12-18)20-14-21(26(2,3)4)16-22(15-20)27(5,6)7/h13-18,27H,1-12H3;11,13-17H,12H2,1-10H3. The van der Waals surface area contributed by atoms with Crippen LogP contribution in [0.15, 0.2) is 71.8 Å². The van der Waals surface area contributed by atoms with Gasteiger partial charge in [0.15, 0.2) is 7.38 Å². The van der Waals surface area contributed by atoms with E-state index in [9.17, 15) is 0 Å². The summed E-state index contributed by atoms with van der Waals surface area (Å²) < 4.78 is 0. The summed E-state index contributed by atoms with van der Waals surface area (Å²) in [5.41, 5.74) is 23.6. The van der Waals surface area contributed by atoms with E-state index in [1.165, 1.54) is 89.0 Å². The molecule has 0 fully saturated rings. The zero-order chi connectivity index (χ0) is 45.5. The molecule has 0 radical (unpaired) electrons. The maximum atomic E-state index is 7.10. The molecule has 2 heteroatoms. The van der Waals surface area contributed by atoms with Gasteiger partial charge in [-0.15, -0.1) is 0 Å². The summed E-state index contributed by atoms with van der Waals surface area (Å²) in [5, 5.41) is 0. The normalized spacial score (nSPS) is 16.2. The number of halogens is 1. The van der Waals surface area contributed by atoms with Crippen molar-refractivity contribution in [2.45, 2.75) is 196 Å². The van der Waals surface area contributed by atoms with E-state index in [2.05, 4.69) is 224 Å². The Labute approximate surface area is 374 Å². The lowest BCUT2D eigenvalue weighted by molar-refractivity contribution is 0.568. The third kappa shape index (κ3) is 10.5. The van der Waals surface area contributed by atoms with Crippen LogP contribution < -0.4 is 0 Å². The topological polar surface area (TPSA) is 0 Å². The lowest BCUT2D eigenvalue weighted by Gasteiger charge is -2.29. The summed E-state index contributed by atoms with van der Waals surface area (Å²) in [6.45, 7) is 50.8. The van der Waals surface area contributed by atoms with Crippen LogP contribution in [0.25, 0.3) is 34.4 Å². The Bertz CT molecular complexity index is 2260. The highest BCUT2D eigenvalue weighted by Crippen LogP contribution is 2.49. The number of hydrogen-bond donors (Lipinski definition) is 0. The average molecular weight is 842 g/mol. The molecule has 0 saturated carbocycles. The van der Waals surface area contributed by atoms with Gasteiger partial charge in [-0.3, -0.25) is 0 Å². The highest BCUT2D eigenvalue weighted by atomic mass is 35.6. The van der Waals surface area contributed by atoms with Crippen molar-refractivity contribution in [3.8, 4) is 22.3 Å². The quantitative estimate of drug-likeness (QED) is 0.142. The second-order valence-electron chi connectivity index (χ2n) is 25.3. The van der Waals surface area contributed by atoms with Crippen LogP contribution in [0.2, 0.25) is 13.1 Å². The van der Waals surface area contributed by atoms with Crippen LogP contribution in [0.3, 0.4) is 0 Å². The van der Waals surface area contributed by atoms with Crippen molar-refractivity contribution in [1.29, 1.82) is 0 Å². The van der Waals surface area contributed by atoms with Gasteiger partial charge in [-0.05, 0) is 131 Å². The van der Waals surface area contributed by atoms with Crippen LogP contribution in [0, 0.1) is 0 Å². The molecular weight excluding hydrogens is 760 g/mol. The Morgan fingerprint density at radius 3 is 1.18 bits per heavy atom. The van der Waals surface area contributed by atoms with Crippen LogP contribution in [0.5, 0.6) is 0 Å². The van der Waals surface area contributed by atoms with E-state index in [1.54, 1.807) is 0 Å². The Balaban J connectivity index is 0.000000230. The first-order valence-electron chi connectivity index (χ1n) is 22.7. The SMILES string of the molecule is CC1=Cc2c(-c3cc(C(C)(C)C)cc(C(C)(C)C)c3)cc(C(C)(C)C)cc2C1[Si](C)(C)Cl.CC1=Cc2cc(C(C)(C)C)cc(-c3cc(C(C)(C)C)cc(C(C)(C)C)c3)c2C1. The van der Waals surface area contributed by atoms with Gasteiger partial charge in [0.25, 0.3) is 0 Å². The molecule has 0 heterocycles. The fourth-order valence-electron chi connectivity index (χ4n) is 8.82. The minimum atomic E-state index is -1.92. The van der Waals surface area contributed by atoms with E-state index in [4.69, 9.17) is 11.1 Å². The van der Waals surface area contributed by atoms with Crippen LogP contribution in [0.4, 0.5) is 0 Å². The Morgan fingerprint density at radius 1 is 0.450 bits per heavy atom. The lowest BCUT2D eigenvalue weighted by Crippen LogP contribution is -2.28. The maximum absolute atomic E-state index is 7.10. The van der Waals surface area contributed by atoms with Gasteiger partial charge in [0.1, 0.15) is 0 Å². The molecule has 0 nitrogen and oxygen atoms in total. The molecule has 1 unspecified atom stereocenters. The van der Waals surface area contributed by atoms with E-state index in [-0.39, 0.29) is 32.5 Å². The van der Waals surface area contributed by atoms with Crippen molar-refractivity contribution in [3.63, 3.8) is 0 Å². The number of hydrogen-bond acceptors (Lipinski definition) is 0. The van der Waals surface area contributed by atoms with Gasteiger partial charge in [-0.25, -0.2) is 0 Å². The molecule has 6 rings (SSSR count). The molecule has 60 heavy (non-hydrogen) atoms. The molecule has 0 saturated heterocycles. The second kappa shape index (κ2) is 15.9. The van der Waals surface area contributed by atoms with Crippen molar-refractivity contribution >= 4 is 30.6 Å². The molecule has 0 amide bonds. The molecule has 0 N–H and O–H groups in total. The number of fused-ring (bicyclic) bond motifs is 2. The van der Waals surface area contributed by atoms with Gasteiger partial charge < -0.3 is 0 Å². The van der Waals surface area contributed by atoms with E-state index in [0.717, 1.165) is 6.42 Å². The molecule has 0 spiro atoms. The number of allylic oxidation sites excluding steroid dienone is 2. The van der Waals surface area contributed by atoms with E-state index in [1.807, 2.05) is 0 Å². The molecule has 4 aromatic rings. The van der Waals surface area contributed by atoms with Crippen LogP contribution in [-0.2, 0) is 38.9 Å². The third-order valence-electron chi connectivity index (χ3n) is 12.9. The molecule has 324 valence electrons. The van der Waals surface area contributed by atoms with Crippen LogP contribution >= 0.6 is 11.1 Å². The van der Waals surface area contributed by atoms with Crippen molar-refractivity contribution in [3.05, 3.63) is 127 Å². The largest absolute Gasteiger partial charge is 0.167 e. The first kappa shape index (κ1) is 47.9. The van der Waals surface area contributed by atoms with Crippen molar-refractivity contribution in [2.24, 2.45) is 0 Å². The lowest BCUT2D eigenvalue weighted by atomic mass is 9.77. The van der Waals surface area contributed by atoms with E-state index < -0.39 is 7.38 Å². The monoisotopic (exact) mass is 841 g/mol. The Hall–Kier alpha value is -3.13. The molecule has 0 aliphatic heterocycles. The van der Waals surface area contributed by atoms with Crippen molar-refractivity contribution < 1.29 is 0 Å². The Kier molecular flexibility index (Phi) is 12.7. The first-order valence-corrected chi connectivity index (χ1v) is 26.8. The number of benzene rings is 4. The molecule has 0 aromatic heterocycles. The van der Waals surface area contributed by atoms with Crippen LogP contribution in [-0.4, -0.2) is 7.38 Å². The fourth-order valence-corrected chi connectivity index (χ4v) is 11.8. The zero-order valence-corrected chi connectivity index (χ0v) is 43.8. The van der Waals surface area contributed by atoms with E-state index >= 15 is 0 Å². The smallest absolute Gasteiger partial charge is 0.161 e. The highest BCUT2D eigenvalue weighted by molar-refractivity contribution is 7.20. The first-order chi connectivity index (χ1) is 27.0. The average Bonchev–Trinajstić information content (AvgIpc) is 3.63. The highest BCUT2D eigenvalue weighted by Gasteiger charge is 2.39. The molecular formula is C58H81ClSi. The van der Waals surface area contributed by atoms with Gasteiger partial charge in [-0.1, -0.05) is 222 Å². The molecule has 2 aliphatic rings. The summed E-state index contributed by atoms with van der Waals surface area (Å²) in [4.78, 5) is 0. The second-order valence-corrected chi connectivity index (χ2v) is 31.9. The summed E-state index contributed by atoms with van der Waals surface area (Å²) >= 11 is 7.10. The minimum absolute atomic E-state index is 0.0807. The summed E-state index contributed by atoms with van der Waals surface area (Å²) in [7, 11) is -1.92.